The number of fused-ring (bicyclic) bond motifs is 2. The fourth-order valence-corrected chi connectivity index (χ4v) is 4.52. The second-order valence-corrected chi connectivity index (χ2v) is 8.18. The molecule has 3 aromatic rings. The molecule has 2 heterocycles. The van der Waals surface area contributed by atoms with Crippen LogP contribution in [0, 0.1) is 0 Å². The summed E-state index contributed by atoms with van der Waals surface area (Å²) in [6.45, 7) is 1.19. The van der Waals surface area contributed by atoms with Gasteiger partial charge in [0.15, 0.2) is 11.5 Å². The highest BCUT2D eigenvalue weighted by Crippen LogP contribution is 2.49. The Morgan fingerprint density at radius 1 is 1.12 bits per heavy atom. The van der Waals surface area contributed by atoms with Gasteiger partial charge in [-0.15, -0.1) is 0 Å². The first-order valence-corrected chi connectivity index (χ1v) is 10.8. The zero-order valence-electron chi connectivity index (χ0n) is 18.3. The van der Waals surface area contributed by atoms with Crippen molar-refractivity contribution in [1.29, 1.82) is 0 Å². The molecule has 2 aliphatic heterocycles. The average Bonchev–Trinajstić information content (AvgIpc) is 3.29. The predicted molar refractivity (Wildman–Crippen MR) is 123 cm³/mol. The van der Waals surface area contributed by atoms with E-state index in [0.29, 0.717) is 11.3 Å². The van der Waals surface area contributed by atoms with Crippen molar-refractivity contribution in [3.05, 3.63) is 82.9 Å². The minimum atomic E-state index is -0.111. The maximum Gasteiger partial charge on any atom is 0.255 e. The maximum atomic E-state index is 12.4. The first kappa shape index (κ1) is 20.4. The van der Waals surface area contributed by atoms with Crippen molar-refractivity contribution >= 4 is 11.6 Å². The Bertz CT molecular complexity index is 1130. The number of hydrogen-bond donors (Lipinski definition) is 1. The minimum absolute atomic E-state index is 0.111. The number of carbonyl (C=O) groups is 1. The van der Waals surface area contributed by atoms with E-state index in [1.165, 1.54) is 16.7 Å². The Labute approximate surface area is 187 Å². The zero-order valence-corrected chi connectivity index (χ0v) is 18.3. The third kappa shape index (κ3) is 3.78. The number of benzene rings is 3. The standard InChI is InChI=1S/C26H26N2O4/c1-28-13-12-19-15-22-24(32-16-31-22)25(30-2)23(19)21(28)14-17-8-10-20(11-9-17)27-26(29)18-6-4-3-5-7-18/h3-11,15,21H,12-14,16H2,1-2H3,(H,27,29)/t21-/m0/s1. The van der Waals surface area contributed by atoms with Gasteiger partial charge in [-0.05, 0) is 61.3 Å². The molecule has 3 aromatic carbocycles. The lowest BCUT2D eigenvalue weighted by molar-refractivity contribution is 0.102. The number of rotatable bonds is 5. The van der Waals surface area contributed by atoms with Crippen molar-refractivity contribution in [3.63, 3.8) is 0 Å². The third-order valence-corrected chi connectivity index (χ3v) is 6.22. The van der Waals surface area contributed by atoms with Gasteiger partial charge in [0.2, 0.25) is 12.5 Å². The highest BCUT2D eigenvalue weighted by atomic mass is 16.7. The van der Waals surface area contributed by atoms with Crippen LogP contribution >= 0.6 is 0 Å². The van der Waals surface area contributed by atoms with E-state index < -0.39 is 0 Å². The van der Waals surface area contributed by atoms with Crippen LogP contribution in [0.1, 0.15) is 33.1 Å². The quantitative estimate of drug-likeness (QED) is 0.648. The molecule has 1 atom stereocenters. The van der Waals surface area contributed by atoms with Crippen LogP contribution in [-0.2, 0) is 12.8 Å². The lowest BCUT2D eigenvalue weighted by Crippen LogP contribution is -2.33. The molecule has 0 saturated heterocycles. The Balaban J connectivity index is 1.37. The van der Waals surface area contributed by atoms with Gasteiger partial charge in [0.25, 0.3) is 5.91 Å². The molecule has 0 unspecified atom stereocenters. The molecule has 32 heavy (non-hydrogen) atoms. The summed E-state index contributed by atoms with van der Waals surface area (Å²) < 4.78 is 17.1. The summed E-state index contributed by atoms with van der Waals surface area (Å²) in [5, 5.41) is 2.96. The molecule has 6 nitrogen and oxygen atoms in total. The van der Waals surface area contributed by atoms with Crippen LogP contribution in [0.15, 0.2) is 60.7 Å². The van der Waals surface area contributed by atoms with Crippen LogP contribution < -0.4 is 19.5 Å². The molecule has 0 radical (unpaired) electrons. The summed E-state index contributed by atoms with van der Waals surface area (Å²) in [5.41, 5.74) is 5.03. The number of carbonyl (C=O) groups excluding carboxylic acids is 1. The molecule has 0 bridgehead atoms. The Hall–Kier alpha value is -3.51. The van der Waals surface area contributed by atoms with Gasteiger partial charge >= 0.3 is 0 Å². The summed E-state index contributed by atoms with van der Waals surface area (Å²) in [7, 11) is 3.83. The van der Waals surface area contributed by atoms with Gasteiger partial charge in [0.1, 0.15) is 0 Å². The number of nitrogens with zero attached hydrogens (tertiary/aromatic N) is 1. The molecule has 0 fully saturated rings. The van der Waals surface area contributed by atoms with Gasteiger partial charge in [-0.25, -0.2) is 0 Å². The normalized spacial score (nSPS) is 17.0. The van der Waals surface area contributed by atoms with E-state index in [1.807, 2.05) is 30.3 Å². The monoisotopic (exact) mass is 430 g/mol. The van der Waals surface area contributed by atoms with Gasteiger partial charge < -0.3 is 19.5 Å². The van der Waals surface area contributed by atoms with Gasteiger partial charge in [0.05, 0.1) is 7.11 Å². The third-order valence-electron chi connectivity index (χ3n) is 6.22. The Morgan fingerprint density at radius 2 is 1.91 bits per heavy atom. The second-order valence-electron chi connectivity index (χ2n) is 8.18. The molecule has 164 valence electrons. The molecule has 1 amide bonds. The van der Waals surface area contributed by atoms with Crippen molar-refractivity contribution in [2.24, 2.45) is 0 Å². The number of nitrogens with one attached hydrogen (secondary N) is 1. The van der Waals surface area contributed by atoms with Crippen molar-refractivity contribution < 1.29 is 19.0 Å². The number of hydrogen-bond acceptors (Lipinski definition) is 5. The van der Waals surface area contributed by atoms with Gasteiger partial charge in [0, 0.05) is 29.4 Å². The summed E-state index contributed by atoms with van der Waals surface area (Å²) in [6.07, 6.45) is 1.77. The fraction of sp³-hybridized carbons (Fsp3) is 0.269. The van der Waals surface area contributed by atoms with Gasteiger partial charge in [-0.2, -0.15) is 0 Å². The summed E-state index contributed by atoms with van der Waals surface area (Å²) in [4.78, 5) is 14.8. The first-order chi connectivity index (χ1) is 15.6. The smallest absolute Gasteiger partial charge is 0.255 e. The number of ether oxygens (including phenoxy) is 3. The second kappa shape index (κ2) is 8.55. The fourth-order valence-electron chi connectivity index (χ4n) is 4.52. The lowest BCUT2D eigenvalue weighted by Gasteiger charge is -2.36. The van der Waals surface area contributed by atoms with Crippen LogP contribution in [-0.4, -0.2) is 38.3 Å². The number of likely N-dealkylation sites (N-methyl/N-ethyl adjacent to an activating group) is 1. The van der Waals surface area contributed by atoms with Gasteiger partial charge in [-0.3, -0.25) is 9.69 Å². The van der Waals surface area contributed by atoms with Gasteiger partial charge in [-0.1, -0.05) is 30.3 Å². The molecule has 1 N–H and O–H groups in total. The maximum absolute atomic E-state index is 12.4. The zero-order chi connectivity index (χ0) is 22.1. The number of anilines is 1. The molecule has 0 saturated carbocycles. The average molecular weight is 431 g/mol. The molecule has 0 spiro atoms. The SMILES string of the molecule is COc1c2c(cc3c1[C@H](Cc1ccc(NC(=O)c4ccccc4)cc1)N(C)CC3)OCO2. The van der Waals surface area contributed by atoms with E-state index in [4.69, 9.17) is 14.2 Å². The van der Waals surface area contributed by atoms with Crippen LogP contribution in [0.3, 0.4) is 0 Å². The molecule has 0 aromatic heterocycles. The molecule has 5 rings (SSSR count). The largest absolute Gasteiger partial charge is 0.492 e. The molecule has 2 aliphatic rings. The van der Waals surface area contributed by atoms with Crippen molar-refractivity contribution in [2.75, 3.05) is 32.8 Å². The summed E-state index contributed by atoms with van der Waals surface area (Å²) in [5.74, 6) is 2.13. The minimum Gasteiger partial charge on any atom is -0.492 e. The predicted octanol–water partition coefficient (Wildman–Crippen LogP) is 4.45. The lowest BCUT2D eigenvalue weighted by atomic mass is 9.87. The number of amides is 1. The molecular formula is C26H26N2O4. The van der Waals surface area contributed by atoms with E-state index in [0.717, 1.165) is 36.6 Å². The van der Waals surface area contributed by atoms with E-state index >= 15 is 0 Å². The van der Waals surface area contributed by atoms with Crippen LogP contribution in [0.2, 0.25) is 0 Å². The van der Waals surface area contributed by atoms with Crippen molar-refractivity contribution in [1.82, 2.24) is 4.90 Å². The van der Waals surface area contributed by atoms with Crippen LogP contribution in [0.5, 0.6) is 17.2 Å². The highest BCUT2D eigenvalue weighted by molar-refractivity contribution is 6.04. The Kier molecular flexibility index (Phi) is 5.45. The number of methoxy groups -OCH3 is 1. The molecule has 0 aliphatic carbocycles. The van der Waals surface area contributed by atoms with E-state index in [9.17, 15) is 4.79 Å². The van der Waals surface area contributed by atoms with Crippen LogP contribution in [0.25, 0.3) is 0 Å². The topological polar surface area (TPSA) is 60.0 Å². The van der Waals surface area contributed by atoms with Crippen molar-refractivity contribution in [3.8, 4) is 17.2 Å². The van der Waals surface area contributed by atoms with E-state index in [1.54, 1.807) is 19.2 Å². The summed E-state index contributed by atoms with van der Waals surface area (Å²) >= 11 is 0. The van der Waals surface area contributed by atoms with E-state index in [-0.39, 0.29) is 18.7 Å². The molecular weight excluding hydrogens is 404 g/mol. The Morgan fingerprint density at radius 3 is 2.66 bits per heavy atom. The van der Waals surface area contributed by atoms with Crippen molar-refractivity contribution in [2.45, 2.75) is 18.9 Å². The summed E-state index contributed by atoms with van der Waals surface area (Å²) in [6, 6.07) is 19.5. The molecule has 6 heteroatoms. The highest BCUT2D eigenvalue weighted by Gasteiger charge is 2.33. The van der Waals surface area contributed by atoms with E-state index in [2.05, 4.69) is 35.5 Å². The first-order valence-electron chi connectivity index (χ1n) is 10.8. The van der Waals surface area contributed by atoms with Crippen LogP contribution in [0.4, 0.5) is 5.69 Å².